The van der Waals surface area contributed by atoms with E-state index in [1.165, 1.54) is 11.1 Å². The third-order valence-electron chi connectivity index (χ3n) is 4.31. The molecule has 1 aliphatic heterocycles. The fourth-order valence-electron chi connectivity index (χ4n) is 3.02. The van der Waals surface area contributed by atoms with Gasteiger partial charge >= 0.3 is 0 Å². The van der Waals surface area contributed by atoms with Gasteiger partial charge in [-0.1, -0.05) is 36.4 Å². The molecule has 0 radical (unpaired) electrons. The molecule has 0 aliphatic carbocycles. The number of methoxy groups -OCH3 is 1. The number of fused-ring (bicyclic) bond motifs is 1. The van der Waals surface area contributed by atoms with Crippen molar-refractivity contribution < 1.29 is 9.53 Å². The maximum atomic E-state index is 12.7. The maximum Gasteiger partial charge on any atom is 0.240 e. The Balaban J connectivity index is 0.00000208. The standard InChI is InChI=1S/C19H22N2O2.ClH/c1-21(13-14-6-5-9-17(10-14)23-2)19(22)18-11-15-7-3-4-8-16(15)12-20-18;/h3-10,18,20H,11-13H2,1-2H3;1H. The minimum Gasteiger partial charge on any atom is -0.497 e. The third kappa shape index (κ3) is 4.08. The smallest absolute Gasteiger partial charge is 0.240 e. The minimum atomic E-state index is -0.152. The zero-order chi connectivity index (χ0) is 16.2. The predicted octanol–water partition coefficient (Wildman–Crippen LogP) is 2.79. The summed E-state index contributed by atoms with van der Waals surface area (Å²) in [5, 5.41) is 3.35. The van der Waals surface area contributed by atoms with Crippen LogP contribution < -0.4 is 10.1 Å². The summed E-state index contributed by atoms with van der Waals surface area (Å²) >= 11 is 0. The second-order valence-corrected chi connectivity index (χ2v) is 5.95. The van der Waals surface area contributed by atoms with E-state index in [0.717, 1.165) is 24.3 Å². The molecule has 4 nitrogen and oxygen atoms in total. The van der Waals surface area contributed by atoms with E-state index in [4.69, 9.17) is 4.74 Å². The molecular weight excluding hydrogens is 324 g/mol. The second kappa shape index (κ2) is 8.18. The Hall–Kier alpha value is -2.04. The van der Waals surface area contributed by atoms with Crippen LogP contribution in [0.1, 0.15) is 16.7 Å². The molecule has 0 bridgehead atoms. The molecule has 0 spiro atoms. The lowest BCUT2D eigenvalue weighted by molar-refractivity contribution is -0.132. The highest BCUT2D eigenvalue weighted by Crippen LogP contribution is 2.18. The average Bonchev–Trinajstić information content (AvgIpc) is 2.60. The van der Waals surface area contributed by atoms with E-state index >= 15 is 0 Å². The number of benzene rings is 2. The van der Waals surface area contributed by atoms with Crippen molar-refractivity contribution in [2.45, 2.75) is 25.6 Å². The number of carbonyl (C=O) groups excluding carboxylic acids is 1. The van der Waals surface area contributed by atoms with Gasteiger partial charge in [-0.05, 0) is 35.2 Å². The molecule has 24 heavy (non-hydrogen) atoms. The maximum absolute atomic E-state index is 12.7. The molecule has 3 rings (SSSR count). The van der Waals surface area contributed by atoms with E-state index < -0.39 is 0 Å². The molecule has 1 atom stereocenters. The largest absolute Gasteiger partial charge is 0.497 e. The van der Waals surface area contributed by atoms with Crippen LogP contribution in [0.4, 0.5) is 0 Å². The molecule has 128 valence electrons. The number of hydrogen-bond acceptors (Lipinski definition) is 3. The Morgan fingerprint density at radius 1 is 1.21 bits per heavy atom. The van der Waals surface area contributed by atoms with Gasteiger partial charge in [0, 0.05) is 20.1 Å². The number of rotatable bonds is 4. The second-order valence-electron chi connectivity index (χ2n) is 5.95. The monoisotopic (exact) mass is 346 g/mol. The van der Waals surface area contributed by atoms with Crippen LogP contribution in [0.15, 0.2) is 48.5 Å². The van der Waals surface area contributed by atoms with Crippen LogP contribution >= 0.6 is 12.4 Å². The van der Waals surface area contributed by atoms with E-state index in [2.05, 4.69) is 17.4 Å². The number of hydrogen-bond donors (Lipinski definition) is 1. The quantitative estimate of drug-likeness (QED) is 0.925. The number of ether oxygens (including phenoxy) is 1. The van der Waals surface area contributed by atoms with Crippen LogP contribution in [-0.2, 0) is 24.3 Å². The van der Waals surface area contributed by atoms with Crippen molar-refractivity contribution in [3.05, 3.63) is 65.2 Å². The molecule has 0 saturated heterocycles. The average molecular weight is 347 g/mol. The first-order valence-electron chi connectivity index (χ1n) is 7.85. The van der Waals surface area contributed by atoms with Crippen molar-refractivity contribution >= 4 is 18.3 Å². The molecule has 2 aromatic carbocycles. The molecular formula is C19H23ClN2O2. The topological polar surface area (TPSA) is 41.6 Å². The van der Waals surface area contributed by atoms with E-state index in [0.29, 0.717) is 6.54 Å². The highest BCUT2D eigenvalue weighted by Gasteiger charge is 2.26. The summed E-state index contributed by atoms with van der Waals surface area (Å²) in [6.07, 6.45) is 0.747. The summed E-state index contributed by atoms with van der Waals surface area (Å²) in [4.78, 5) is 14.5. The van der Waals surface area contributed by atoms with Gasteiger partial charge in [-0.3, -0.25) is 4.79 Å². The Labute approximate surface area is 149 Å². The summed E-state index contributed by atoms with van der Waals surface area (Å²) in [6, 6.07) is 16.0. The van der Waals surface area contributed by atoms with Crippen molar-refractivity contribution in [3.8, 4) is 5.75 Å². The minimum absolute atomic E-state index is 0. The first kappa shape index (κ1) is 18.3. The molecule has 0 fully saturated rings. The normalized spacial score (nSPS) is 15.8. The van der Waals surface area contributed by atoms with Crippen LogP contribution in [0.5, 0.6) is 5.75 Å². The number of likely N-dealkylation sites (N-methyl/N-ethyl adjacent to an activating group) is 1. The molecule has 1 unspecified atom stereocenters. The molecule has 0 aromatic heterocycles. The Morgan fingerprint density at radius 2 is 1.96 bits per heavy atom. The first-order chi connectivity index (χ1) is 11.2. The Morgan fingerprint density at radius 3 is 2.71 bits per heavy atom. The van der Waals surface area contributed by atoms with Crippen LogP contribution in [0.3, 0.4) is 0 Å². The molecule has 2 aromatic rings. The van der Waals surface area contributed by atoms with Crippen molar-refractivity contribution in [2.75, 3.05) is 14.2 Å². The van der Waals surface area contributed by atoms with Gasteiger partial charge < -0.3 is 15.0 Å². The van der Waals surface area contributed by atoms with Gasteiger partial charge in [-0.2, -0.15) is 0 Å². The van der Waals surface area contributed by atoms with E-state index in [9.17, 15) is 4.79 Å². The number of amides is 1. The van der Waals surface area contributed by atoms with E-state index in [1.807, 2.05) is 43.4 Å². The molecule has 5 heteroatoms. The fourth-order valence-corrected chi connectivity index (χ4v) is 3.02. The molecule has 1 heterocycles. The fraction of sp³-hybridized carbons (Fsp3) is 0.316. The van der Waals surface area contributed by atoms with Gasteiger partial charge in [0.05, 0.1) is 13.2 Å². The highest BCUT2D eigenvalue weighted by atomic mass is 35.5. The van der Waals surface area contributed by atoms with E-state index in [-0.39, 0.29) is 24.4 Å². The number of nitrogens with zero attached hydrogens (tertiary/aromatic N) is 1. The number of halogens is 1. The van der Waals surface area contributed by atoms with Gasteiger partial charge in [0.15, 0.2) is 0 Å². The highest BCUT2D eigenvalue weighted by molar-refractivity contribution is 5.85. The number of carbonyl (C=O) groups is 1. The van der Waals surface area contributed by atoms with Crippen molar-refractivity contribution in [2.24, 2.45) is 0 Å². The summed E-state index contributed by atoms with van der Waals surface area (Å²) in [5.41, 5.74) is 3.61. The Kier molecular flexibility index (Phi) is 6.23. The lowest BCUT2D eigenvalue weighted by Gasteiger charge is -2.29. The first-order valence-corrected chi connectivity index (χ1v) is 7.85. The van der Waals surface area contributed by atoms with Crippen molar-refractivity contribution in [3.63, 3.8) is 0 Å². The molecule has 1 amide bonds. The lowest BCUT2D eigenvalue weighted by atomic mass is 9.95. The summed E-state index contributed by atoms with van der Waals surface area (Å²) < 4.78 is 5.24. The molecule has 1 aliphatic rings. The van der Waals surface area contributed by atoms with Gasteiger partial charge in [0.25, 0.3) is 0 Å². The van der Waals surface area contributed by atoms with Crippen molar-refractivity contribution in [1.82, 2.24) is 10.2 Å². The van der Waals surface area contributed by atoms with Gasteiger partial charge in [0.2, 0.25) is 5.91 Å². The van der Waals surface area contributed by atoms with Gasteiger partial charge in [0.1, 0.15) is 5.75 Å². The van der Waals surface area contributed by atoms with Crippen molar-refractivity contribution in [1.29, 1.82) is 0 Å². The van der Waals surface area contributed by atoms with Crippen LogP contribution in [0.2, 0.25) is 0 Å². The molecule has 0 saturated carbocycles. The summed E-state index contributed by atoms with van der Waals surface area (Å²) in [6.45, 7) is 1.33. The van der Waals surface area contributed by atoms with Gasteiger partial charge in [-0.15, -0.1) is 12.4 Å². The Bertz CT molecular complexity index is 705. The van der Waals surface area contributed by atoms with Gasteiger partial charge in [-0.25, -0.2) is 0 Å². The number of nitrogens with one attached hydrogen (secondary N) is 1. The predicted molar refractivity (Wildman–Crippen MR) is 97.5 cm³/mol. The molecule has 1 N–H and O–H groups in total. The SMILES string of the molecule is COc1cccc(CN(C)C(=O)C2Cc3ccccc3CN2)c1.Cl. The lowest BCUT2D eigenvalue weighted by Crippen LogP contribution is -2.48. The third-order valence-corrected chi connectivity index (χ3v) is 4.31. The zero-order valence-electron chi connectivity index (χ0n) is 14.0. The zero-order valence-corrected chi connectivity index (χ0v) is 14.8. The summed E-state index contributed by atoms with van der Waals surface area (Å²) in [5.74, 6) is 0.940. The van der Waals surface area contributed by atoms with Crippen LogP contribution in [0.25, 0.3) is 0 Å². The van der Waals surface area contributed by atoms with Crippen LogP contribution in [0, 0.1) is 0 Å². The summed E-state index contributed by atoms with van der Waals surface area (Å²) in [7, 11) is 3.50. The van der Waals surface area contributed by atoms with Crippen LogP contribution in [-0.4, -0.2) is 31.0 Å². The van der Waals surface area contributed by atoms with E-state index in [1.54, 1.807) is 12.0 Å².